The van der Waals surface area contributed by atoms with Gasteiger partial charge >= 0.3 is 0 Å². The molecule has 134 valence electrons. The summed E-state index contributed by atoms with van der Waals surface area (Å²) >= 11 is 0. The van der Waals surface area contributed by atoms with Crippen molar-refractivity contribution in [3.63, 3.8) is 0 Å². The molecule has 0 N–H and O–H groups in total. The first-order valence-corrected chi connectivity index (χ1v) is 10.1. The number of fused-ring (bicyclic) bond motifs is 1. The Labute approximate surface area is 155 Å². The van der Waals surface area contributed by atoms with Crippen LogP contribution in [0.2, 0.25) is 0 Å². The Morgan fingerprint density at radius 2 is 1.62 bits per heavy atom. The largest absolute Gasteiger partial charge is 0.264 e. The van der Waals surface area contributed by atoms with Gasteiger partial charge in [-0.2, -0.15) is 0 Å². The summed E-state index contributed by atoms with van der Waals surface area (Å²) in [5.41, 5.74) is 1.82. The molecule has 0 saturated carbocycles. The van der Waals surface area contributed by atoms with Crippen LogP contribution >= 0.6 is 0 Å². The van der Waals surface area contributed by atoms with Gasteiger partial charge in [0.1, 0.15) is 0 Å². The van der Waals surface area contributed by atoms with E-state index in [1.54, 1.807) is 18.2 Å². The molecular formula is C22H23NO2S. The number of nitrogens with zero attached hydrogens (tertiary/aromatic N) is 1. The Hall–Kier alpha value is -2.59. The SMILES string of the molecule is C=CCN(c1ccc(C(C)C)cc1)S(=O)(=O)c1ccc2ccccc2c1. The first kappa shape index (κ1) is 18.2. The van der Waals surface area contributed by atoms with Crippen molar-refractivity contribution < 1.29 is 8.42 Å². The van der Waals surface area contributed by atoms with Crippen molar-refractivity contribution in [2.45, 2.75) is 24.7 Å². The maximum Gasteiger partial charge on any atom is 0.264 e. The van der Waals surface area contributed by atoms with Crippen molar-refractivity contribution in [2.75, 3.05) is 10.8 Å². The summed E-state index contributed by atoms with van der Waals surface area (Å²) in [5.74, 6) is 0.397. The van der Waals surface area contributed by atoms with E-state index in [4.69, 9.17) is 0 Å². The molecule has 0 heterocycles. The number of rotatable bonds is 6. The molecule has 26 heavy (non-hydrogen) atoms. The number of anilines is 1. The highest BCUT2D eigenvalue weighted by atomic mass is 32.2. The molecule has 0 atom stereocenters. The smallest absolute Gasteiger partial charge is 0.263 e. The molecule has 0 aromatic heterocycles. The lowest BCUT2D eigenvalue weighted by atomic mass is 10.0. The van der Waals surface area contributed by atoms with Crippen LogP contribution in [0.15, 0.2) is 84.3 Å². The average Bonchev–Trinajstić information content (AvgIpc) is 2.65. The van der Waals surface area contributed by atoms with Crippen LogP contribution < -0.4 is 4.31 Å². The Balaban J connectivity index is 2.05. The summed E-state index contributed by atoms with van der Waals surface area (Å²) in [6, 6.07) is 20.6. The van der Waals surface area contributed by atoms with E-state index in [9.17, 15) is 8.42 Å². The van der Waals surface area contributed by atoms with E-state index in [0.29, 0.717) is 11.6 Å². The van der Waals surface area contributed by atoms with Crippen molar-refractivity contribution in [2.24, 2.45) is 0 Å². The molecule has 0 radical (unpaired) electrons. The van der Waals surface area contributed by atoms with Gasteiger partial charge in [0.15, 0.2) is 0 Å². The van der Waals surface area contributed by atoms with Gasteiger partial charge in [-0.1, -0.05) is 62.4 Å². The second kappa shape index (κ2) is 7.34. The maximum absolute atomic E-state index is 13.3. The number of hydrogen-bond donors (Lipinski definition) is 0. The fraction of sp³-hybridized carbons (Fsp3) is 0.182. The third-order valence-electron chi connectivity index (χ3n) is 4.45. The van der Waals surface area contributed by atoms with Gasteiger partial charge in [-0.3, -0.25) is 4.31 Å². The molecule has 0 aliphatic rings. The number of benzene rings is 3. The van der Waals surface area contributed by atoms with E-state index in [0.717, 1.165) is 10.8 Å². The van der Waals surface area contributed by atoms with Crippen LogP contribution in [0.5, 0.6) is 0 Å². The quantitative estimate of drug-likeness (QED) is 0.553. The standard InChI is InChI=1S/C22H23NO2S/c1-4-15-23(21-12-9-18(10-13-21)17(2)3)26(24,25)22-14-11-19-7-5-6-8-20(19)16-22/h4-14,16-17H,1,15H2,2-3H3. The molecule has 3 rings (SSSR count). The Kier molecular flexibility index (Phi) is 5.14. The van der Waals surface area contributed by atoms with E-state index >= 15 is 0 Å². The van der Waals surface area contributed by atoms with E-state index in [-0.39, 0.29) is 11.4 Å². The highest BCUT2D eigenvalue weighted by Crippen LogP contribution is 2.27. The molecule has 0 fully saturated rings. The minimum atomic E-state index is -3.68. The van der Waals surface area contributed by atoms with Crippen LogP contribution in [0.3, 0.4) is 0 Å². The fourth-order valence-electron chi connectivity index (χ4n) is 2.94. The normalized spacial score (nSPS) is 11.7. The van der Waals surface area contributed by atoms with E-state index in [1.165, 1.54) is 9.87 Å². The van der Waals surface area contributed by atoms with Crippen molar-refractivity contribution in [1.82, 2.24) is 0 Å². The fourth-order valence-corrected chi connectivity index (χ4v) is 4.41. The van der Waals surface area contributed by atoms with Gasteiger partial charge in [0.05, 0.1) is 17.1 Å². The number of hydrogen-bond acceptors (Lipinski definition) is 2. The molecule has 4 heteroatoms. The van der Waals surface area contributed by atoms with Gasteiger partial charge in [0.2, 0.25) is 0 Å². The topological polar surface area (TPSA) is 37.4 Å². The summed E-state index contributed by atoms with van der Waals surface area (Å²) < 4.78 is 27.9. The zero-order chi connectivity index (χ0) is 18.7. The summed E-state index contributed by atoms with van der Waals surface area (Å²) in [6.07, 6.45) is 1.61. The molecule has 3 aromatic rings. The van der Waals surface area contributed by atoms with Gasteiger partial charge in [-0.25, -0.2) is 8.42 Å². The lowest BCUT2D eigenvalue weighted by Gasteiger charge is -2.24. The van der Waals surface area contributed by atoms with Crippen molar-refractivity contribution in [3.05, 3.63) is 84.9 Å². The van der Waals surface area contributed by atoms with Gasteiger partial charge in [-0.05, 0) is 46.5 Å². The molecule has 0 saturated heterocycles. The monoisotopic (exact) mass is 365 g/mol. The molecule has 0 aliphatic carbocycles. The molecule has 3 nitrogen and oxygen atoms in total. The highest BCUT2D eigenvalue weighted by molar-refractivity contribution is 7.92. The summed E-state index contributed by atoms with van der Waals surface area (Å²) in [4.78, 5) is 0.283. The molecule has 0 amide bonds. The molecule has 0 bridgehead atoms. The summed E-state index contributed by atoms with van der Waals surface area (Å²) in [7, 11) is -3.68. The highest BCUT2D eigenvalue weighted by Gasteiger charge is 2.24. The second-order valence-corrected chi connectivity index (χ2v) is 8.44. The summed E-state index contributed by atoms with van der Waals surface area (Å²) in [6.45, 7) is 8.17. The Morgan fingerprint density at radius 3 is 2.23 bits per heavy atom. The van der Waals surface area contributed by atoms with Crippen molar-refractivity contribution in [3.8, 4) is 0 Å². The van der Waals surface area contributed by atoms with Crippen LogP contribution in [-0.4, -0.2) is 15.0 Å². The van der Waals surface area contributed by atoms with Gasteiger partial charge in [0.25, 0.3) is 10.0 Å². The zero-order valence-corrected chi connectivity index (χ0v) is 15.9. The van der Waals surface area contributed by atoms with E-state index < -0.39 is 10.0 Å². The van der Waals surface area contributed by atoms with Crippen molar-refractivity contribution >= 4 is 26.5 Å². The maximum atomic E-state index is 13.3. The Bertz CT molecular complexity index is 1020. The lowest BCUT2D eigenvalue weighted by molar-refractivity contribution is 0.593. The average molecular weight is 365 g/mol. The van der Waals surface area contributed by atoms with Crippen LogP contribution in [0, 0.1) is 0 Å². The van der Waals surface area contributed by atoms with Gasteiger partial charge in [-0.15, -0.1) is 6.58 Å². The molecule has 0 spiro atoms. The second-order valence-electron chi connectivity index (χ2n) is 6.58. The predicted molar refractivity (Wildman–Crippen MR) is 109 cm³/mol. The first-order valence-electron chi connectivity index (χ1n) is 8.66. The van der Waals surface area contributed by atoms with Gasteiger partial charge in [0, 0.05) is 0 Å². The first-order chi connectivity index (χ1) is 12.4. The van der Waals surface area contributed by atoms with Gasteiger partial charge < -0.3 is 0 Å². The molecule has 0 aliphatic heterocycles. The Morgan fingerprint density at radius 1 is 0.962 bits per heavy atom. The zero-order valence-electron chi connectivity index (χ0n) is 15.1. The minimum Gasteiger partial charge on any atom is -0.263 e. The van der Waals surface area contributed by atoms with Crippen LogP contribution in [0.4, 0.5) is 5.69 Å². The molecule has 0 unspecified atom stereocenters. The van der Waals surface area contributed by atoms with E-state index in [2.05, 4.69) is 20.4 Å². The van der Waals surface area contributed by atoms with Crippen molar-refractivity contribution in [1.29, 1.82) is 0 Å². The molecule has 3 aromatic carbocycles. The van der Waals surface area contributed by atoms with Crippen LogP contribution in [0.1, 0.15) is 25.3 Å². The lowest BCUT2D eigenvalue weighted by Crippen LogP contribution is -2.31. The third kappa shape index (κ3) is 3.51. The van der Waals surface area contributed by atoms with Crippen LogP contribution in [0.25, 0.3) is 10.8 Å². The van der Waals surface area contributed by atoms with Crippen LogP contribution in [-0.2, 0) is 10.0 Å². The predicted octanol–water partition coefficient (Wildman–Crippen LogP) is 5.34. The minimum absolute atomic E-state index is 0.218. The molecular weight excluding hydrogens is 342 g/mol. The van der Waals surface area contributed by atoms with E-state index in [1.807, 2.05) is 54.6 Å². The third-order valence-corrected chi connectivity index (χ3v) is 6.24. The number of sulfonamides is 1. The summed E-state index contributed by atoms with van der Waals surface area (Å²) in [5, 5.41) is 1.92.